The smallest absolute Gasteiger partial charge is 0.172 e. The van der Waals surface area contributed by atoms with Crippen LogP contribution in [-0.2, 0) is 14.2 Å². The van der Waals surface area contributed by atoms with E-state index in [-0.39, 0.29) is 5.92 Å². The molecule has 0 N–H and O–H groups in total. The van der Waals surface area contributed by atoms with E-state index in [0.29, 0.717) is 13.0 Å². The number of hydrogen-bond donors (Lipinski definition) is 0. The van der Waals surface area contributed by atoms with Crippen LogP contribution >= 0.6 is 0 Å². The molecule has 0 radical (unpaired) electrons. The fourth-order valence-corrected chi connectivity index (χ4v) is 0.931. The Balaban J connectivity index is 3.86. The molecule has 0 saturated carbocycles. The third kappa shape index (κ3) is 3.67. The van der Waals surface area contributed by atoms with Crippen molar-refractivity contribution in [3.05, 3.63) is 0 Å². The van der Waals surface area contributed by atoms with Gasteiger partial charge in [-0.2, -0.15) is 5.26 Å². The van der Waals surface area contributed by atoms with E-state index in [4.69, 9.17) is 19.5 Å². The van der Waals surface area contributed by atoms with E-state index in [2.05, 4.69) is 6.07 Å². The van der Waals surface area contributed by atoms with Gasteiger partial charge >= 0.3 is 0 Å². The van der Waals surface area contributed by atoms with Crippen LogP contribution in [0.15, 0.2) is 0 Å². The van der Waals surface area contributed by atoms with Crippen LogP contribution in [0.5, 0.6) is 0 Å². The highest BCUT2D eigenvalue weighted by atomic mass is 16.7. The molecule has 0 aromatic carbocycles. The highest BCUT2D eigenvalue weighted by Crippen LogP contribution is 2.11. The molecule has 70 valence electrons. The van der Waals surface area contributed by atoms with Crippen molar-refractivity contribution in [2.75, 3.05) is 27.9 Å². The summed E-state index contributed by atoms with van der Waals surface area (Å²) in [6, 6.07) is 2.11. The first-order chi connectivity index (χ1) is 5.79. The van der Waals surface area contributed by atoms with Crippen molar-refractivity contribution in [2.45, 2.75) is 12.7 Å². The second-order valence-electron chi connectivity index (χ2n) is 2.36. The average Bonchev–Trinajstić information content (AvgIpc) is 2.12. The Bertz CT molecular complexity index is 140. The summed E-state index contributed by atoms with van der Waals surface area (Å²) in [6.45, 7) is 0.543. The molecule has 0 heterocycles. The number of nitriles is 1. The zero-order chi connectivity index (χ0) is 9.40. The predicted octanol–water partition coefficient (Wildman–Crippen LogP) is 0.782. The Morgan fingerprint density at radius 1 is 1.25 bits per heavy atom. The minimum atomic E-state index is -0.454. The molecular weight excluding hydrogens is 158 g/mol. The highest BCUT2D eigenvalue weighted by molar-refractivity contribution is 4.85. The molecule has 0 aliphatic rings. The molecule has 12 heavy (non-hydrogen) atoms. The maximum Gasteiger partial charge on any atom is 0.172 e. The molecular formula is C8H15NO3. The molecule has 4 nitrogen and oxygen atoms in total. The number of nitrogens with zero attached hydrogens (tertiary/aromatic N) is 1. The van der Waals surface area contributed by atoms with Gasteiger partial charge in [-0.25, -0.2) is 0 Å². The van der Waals surface area contributed by atoms with Gasteiger partial charge in [-0.3, -0.25) is 0 Å². The van der Waals surface area contributed by atoms with Crippen LogP contribution in [0.2, 0.25) is 0 Å². The molecule has 0 aromatic heterocycles. The Labute approximate surface area is 73.0 Å². The summed E-state index contributed by atoms with van der Waals surface area (Å²) in [5, 5.41) is 8.72. The van der Waals surface area contributed by atoms with Gasteiger partial charge < -0.3 is 14.2 Å². The molecule has 0 aromatic rings. The van der Waals surface area contributed by atoms with Gasteiger partial charge in [-0.15, -0.1) is 0 Å². The monoisotopic (exact) mass is 173 g/mol. The lowest BCUT2D eigenvalue weighted by Crippen LogP contribution is -2.24. The number of rotatable bonds is 6. The second-order valence-corrected chi connectivity index (χ2v) is 2.36. The molecule has 1 atom stereocenters. The van der Waals surface area contributed by atoms with Gasteiger partial charge in [-0.05, 0) is 6.42 Å². The van der Waals surface area contributed by atoms with E-state index in [1.54, 1.807) is 7.11 Å². The van der Waals surface area contributed by atoms with E-state index < -0.39 is 6.29 Å². The van der Waals surface area contributed by atoms with Crippen LogP contribution in [-0.4, -0.2) is 34.2 Å². The van der Waals surface area contributed by atoms with Crippen LogP contribution in [0.3, 0.4) is 0 Å². The molecule has 0 saturated heterocycles. The largest absolute Gasteiger partial charge is 0.385 e. The summed E-state index contributed by atoms with van der Waals surface area (Å²) in [5.41, 5.74) is 0. The van der Waals surface area contributed by atoms with Crippen molar-refractivity contribution < 1.29 is 14.2 Å². The van der Waals surface area contributed by atoms with Crippen LogP contribution in [0, 0.1) is 17.2 Å². The quantitative estimate of drug-likeness (QED) is 0.557. The van der Waals surface area contributed by atoms with Gasteiger partial charge in [0.05, 0.1) is 12.0 Å². The van der Waals surface area contributed by atoms with Gasteiger partial charge in [0, 0.05) is 27.9 Å². The van der Waals surface area contributed by atoms with Gasteiger partial charge in [0.2, 0.25) is 0 Å². The molecule has 0 aliphatic heterocycles. The SMILES string of the molecule is COCCC(C#N)C(OC)OC. The Morgan fingerprint density at radius 2 is 1.83 bits per heavy atom. The molecule has 1 unspecified atom stereocenters. The summed E-state index contributed by atoms with van der Waals surface area (Å²) in [6.07, 6.45) is 0.171. The maximum atomic E-state index is 8.72. The van der Waals surface area contributed by atoms with Gasteiger partial charge in [0.25, 0.3) is 0 Å². The van der Waals surface area contributed by atoms with Gasteiger partial charge in [0.1, 0.15) is 0 Å². The summed E-state index contributed by atoms with van der Waals surface area (Å²) < 4.78 is 14.7. The Morgan fingerprint density at radius 3 is 2.17 bits per heavy atom. The lowest BCUT2D eigenvalue weighted by atomic mass is 10.1. The predicted molar refractivity (Wildman–Crippen MR) is 43.4 cm³/mol. The highest BCUT2D eigenvalue weighted by Gasteiger charge is 2.19. The fourth-order valence-electron chi connectivity index (χ4n) is 0.931. The number of hydrogen-bond acceptors (Lipinski definition) is 4. The molecule has 4 heteroatoms. The summed E-state index contributed by atoms with van der Waals surface area (Å²) in [5.74, 6) is -0.264. The zero-order valence-electron chi connectivity index (χ0n) is 7.74. The van der Waals surface area contributed by atoms with Crippen molar-refractivity contribution in [2.24, 2.45) is 5.92 Å². The van der Waals surface area contributed by atoms with Crippen LogP contribution in [0.4, 0.5) is 0 Å². The molecule has 0 spiro atoms. The Kier molecular flexibility index (Phi) is 6.67. The molecule has 0 rings (SSSR count). The van der Waals surface area contributed by atoms with Gasteiger partial charge in [0.15, 0.2) is 6.29 Å². The zero-order valence-corrected chi connectivity index (χ0v) is 7.74. The minimum absolute atomic E-state index is 0.264. The second kappa shape index (κ2) is 7.04. The lowest BCUT2D eigenvalue weighted by molar-refractivity contribution is -0.128. The average molecular weight is 173 g/mol. The molecule has 0 fully saturated rings. The molecule has 0 amide bonds. The van der Waals surface area contributed by atoms with Crippen LogP contribution < -0.4 is 0 Å². The summed E-state index contributed by atoms with van der Waals surface area (Å²) >= 11 is 0. The summed E-state index contributed by atoms with van der Waals surface area (Å²) in [4.78, 5) is 0. The van der Waals surface area contributed by atoms with Crippen molar-refractivity contribution in [1.29, 1.82) is 5.26 Å². The van der Waals surface area contributed by atoms with Gasteiger partial charge in [-0.1, -0.05) is 0 Å². The van der Waals surface area contributed by atoms with E-state index in [0.717, 1.165) is 0 Å². The van der Waals surface area contributed by atoms with E-state index in [1.807, 2.05) is 0 Å². The molecule has 0 aliphatic carbocycles. The first kappa shape index (κ1) is 11.4. The first-order valence-electron chi connectivity index (χ1n) is 3.74. The Hall–Kier alpha value is -0.630. The van der Waals surface area contributed by atoms with Crippen molar-refractivity contribution in [1.82, 2.24) is 0 Å². The molecule has 0 bridgehead atoms. The number of methoxy groups -OCH3 is 3. The minimum Gasteiger partial charge on any atom is -0.385 e. The maximum absolute atomic E-state index is 8.72. The first-order valence-corrected chi connectivity index (χ1v) is 3.74. The van der Waals surface area contributed by atoms with Crippen molar-refractivity contribution >= 4 is 0 Å². The topological polar surface area (TPSA) is 51.5 Å². The van der Waals surface area contributed by atoms with Crippen LogP contribution in [0.25, 0.3) is 0 Å². The third-order valence-electron chi connectivity index (χ3n) is 1.59. The third-order valence-corrected chi connectivity index (χ3v) is 1.59. The standard InChI is InChI=1S/C8H15NO3/c1-10-5-4-7(6-9)8(11-2)12-3/h7-8H,4-5H2,1-3H3. The lowest BCUT2D eigenvalue weighted by Gasteiger charge is -2.18. The van der Waals surface area contributed by atoms with Crippen molar-refractivity contribution in [3.63, 3.8) is 0 Å². The number of ether oxygens (including phenoxy) is 3. The van der Waals surface area contributed by atoms with E-state index >= 15 is 0 Å². The van der Waals surface area contributed by atoms with Crippen molar-refractivity contribution in [3.8, 4) is 6.07 Å². The van der Waals surface area contributed by atoms with Crippen LogP contribution in [0.1, 0.15) is 6.42 Å². The fraction of sp³-hybridized carbons (Fsp3) is 0.875. The van der Waals surface area contributed by atoms with E-state index in [1.165, 1.54) is 14.2 Å². The summed E-state index contributed by atoms with van der Waals surface area (Å²) in [7, 11) is 4.64. The normalized spacial score (nSPS) is 12.9. The van der Waals surface area contributed by atoms with E-state index in [9.17, 15) is 0 Å².